The molecular weight excluding hydrogens is 226 g/mol. The number of carboxylic acid groups (broad SMARTS) is 1. The molecule has 0 spiro atoms. The third-order valence-electron chi connectivity index (χ3n) is 2.10. The molecule has 7 nitrogen and oxygen atoms in total. The summed E-state index contributed by atoms with van der Waals surface area (Å²) in [5.74, 6) is -1.78. The minimum absolute atomic E-state index is 0.138. The summed E-state index contributed by atoms with van der Waals surface area (Å²) in [5, 5.41) is 11.3. The van der Waals surface area contributed by atoms with Gasteiger partial charge in [-0.15, -0.1) is 0 Å². The first kappa shape index (κ1) is 10.9. The topological polar surface area (TPSA) is 108 Å². The van der Waals surface area contributed by atoms with Gasteiger partial charge in [0.15, 0.2) is 11.4 Å². The molecule has 0 fully saturated rings. The van der Waals surface area contributed by atoms with E-state index in [0.717, 1.165) is 11.9 Å². The third kappa shape index (κ3) is 2.33. The molecule has 3 N–H and O–H groups in total. The van der Waals surface area contributed by atoms with Crippen LogP contribution in [0.2, 0.25) is 0 Å². The maximum atomic E-state index is 11.6. The predicted molar refractivity (Wildman–Crippen MR) is 55.4 cm³/mol. The number of hydrogen-bond donors (Lipinski definition) is 3. The Morgan fingerprint density at radius 1 is 1.53 bits per heavy atom. The lowest BCUT2D eigenvalue weighted by Gasteiger charge is -2.01. The quantitative estimate of drug-likeness (QED) is 0.720. The van der Waals surface area contributed by atoms with Crippen LogP contribution in [0.15, 0.2) is 29.3 Å². The average molecular weight is 235 g/mol. The van der Waals surface area contributed by atoms with Gasteiger partial charge in [0.25, 0.3) is 5.91 Å². The van der Waals surface area contributed by atoms with Crippen LogP contribution in [0.5, 0.6) is 0 Å². The minimum Gasteiger partial charge on any atom is -0.477 e. The van der Waals surface area contributed by atoms with Crippen LogP contribution in [0.3, 0.4) is 0 Å². The second kappa shape index (κ2) is 4.52. The molecule has 0 unspecified atom stereocenters. The van der Waals surface area contributed by atoms with Crippen LogP contribution in [0.4, 0.5) is 0 Å². The molecule has 2 aromatic rings. The van der Waals surface area contributed by atoms with Crippen molar-refractivity contribution < 1.29 is 19.1 Å². The zero-order chi connectivity index (χ0) is 12.3. The molecule has 0 atom stereocenters. The van der Waals surface area contributed by atoms with E-state index in [4.69, 9.17) is 9.52 Å². The molecule has 88 valence electrons. The van der Waals surface area contributed by atoms with E-state index in [0.29, 0.717) is 0 Å². The van der Waals surface area contributed by atoms with Crippen LogP contribution in [0, 0.1) is 0 Å². The molecular formula is C10H9N3O4. The number of rotatable bonds is 4. The molecule has 0 saturated carbocycles. The molecule has 1 amide bonds. The number of carbonyl (C=O) groups is 2. The number of aromatic amines is 1. The number of nitrogens with one attached hydrogen (secondary N) is 2. The van der Waals surface area contributed by atoms with Gasteiger partial charge in [0.05, 0.1) is 18.9 Å². The fourth-order valence-electron chi connectivity index (χ4n) is 1.29. The van der Waals surface area contributed by atoms with Gasteiger partial charge in [-0.2, -0.15) is 0 Å². The zero-order valence-electron chi connectivity index (χ0n) is 8.64. The van der Waals surface area contributed by atoms with Crippen LogP contribution >= 0.6 is 0 Å². The molecule has 17 heavy (non-hydrogen) atoms. The van der Waals surface area contributed by atoms with Gasteiger partial charge in [0, 0.05) is 12.1 Å². The van der Waals surface area contributed by atoms with Crippen LogP contribution in [0.25, 0.3) is 0 Å². The van der Waals surface area contributed by atoms with Crippen LogP contribution in [0.1, 0.15) is 26.5 Å². The number of aromatic carboxylic acids is 1. The fourth-order valence-corrected chi connectivity index (χ4v) is 1.29. The van der Waals surface area contributed by atoms with Crippen molar-refractivity contribution >= 4 is 11.9 Å². The van der Waals surface area contributed by atoms with Gasteiger partial charge in [-0.1, -0.05) is 0 Å². The van der Waals surface area contributed by atoms with Crippen LogP contribution in [-0.2, 0) is 6.54 Å². The maximum Gasteiger partial charge on any atom is 0.354 e. The molecule has 0 radical (unpaired) electrons. The Balaban J connectivity index is 2.04. The summed E-state index contributed by atoms with van der Waals surface area (Å²) in [7, 11) is 0. The lowest BCUT2D eigenvalue weighted by Crippen LogP contribution is -2.25. The van der Waals surface area contributed by atoms with Gasteiger partial charge in [0.1, 0.15) is 0 Å². The number of imidazole rings is 1. The molecule has 0 saturated heterocycles. The van der Waals surface area contributed by atoms with E-state index in [1.807, 2.05) is 0 Å². The normalized spacial score (nSPS) is 10.1. The highest BCUT2D eigenvalue weighted by Crippen LogP contribution is 2.04. The molecule has 0 bridgehead atoms. The van der Waals surface area contributed by atoms with Gasteiger partial charge < -0.3 is 19.8 Å². The molecule has 0 aliphatic rings. The Morgan fingerprint density at radius 2 is 2.35 bits per heavy atom. The fraction of sp³-hybridized carbons (Fsp3) is 0.100. The lowest BCUT2D eigenvalue weighted by atomic mass is 10.3. The highest BCUT2D eigenvalue weighted by molar-refractivity contribution is 6.02. The molecule has 0 aromatic carbocycles. The smallest absolute Gasteiger partial charge is 0.354 e. The van der Waals surface area contributed by atoms with Gasteiger partial charge in [-0.25, -0.2) is 9.78 Å². The molecule has 2 heterocycles. The first-order chi connectivity index (χ1) is 8.18. The Hall–Kier alpha value is -2.57. The Morgan fingerprint density at radius 3 is 3.00 bits per heavy atom. The van der Waals surface area contributed by atoms with E-state index in [-0.39, 0.29) is 17.9 Å². The second-order valence-electron chi connectivity index (χ2n) is 3.25. The van der Waals surface area contributed by atoms with Crippen molar-refractivity contribution in [1.82, 2.24) is 15.3 Å². The highest BCUT2D eigenvalue weighted by atomic mass is 16.4. The second-order valence-corrected chi connectivity index (χ2v) is 3.25. The first-order valence-corrected chi connectivity index (χ1v) is 4.74. The largest absolute Gasteiger partial charge is 0.477 e. The number of H-pyrrole nitrogens is 1. The molecule has 2 aromatic heterocycles. The van der Waals surface area contributed by atoms with E-state index in [1.165, 1.54) is 12.5 Å². The average Bonchev–Trinajstić information content (AvgIpc) is 2.96. The molecule has 2 rings (SSSR count). The van der Waals surface area contributed by atoms with Crippen molar-refractivity contribution in [3.63, 3.8) is 0 Å². The van der Waals surface area contributed by atoms with Gasteiger partial charge in [-0.3, -0.25) is 4.79 Å². The molecule has 0 aliphatic heterocycles. The lowest BCUT2D eigenvalue weighted by molar-refractivity contribution is 0.0685. The van der Waals surface area contributed by atoms with E-state index < -0.39 is 11.9 Å². The standard InChI is InChI=1S/C10H9N3O4/c14-9(11-3-6-1-2-17-4-6)7-8(10(15)16)13-5-12-7/h1-2,4-5H,3H2,(H,11,14)(H,12,13)(H,15,16). The van der Waals surface area contributed by atoms with Gasteiger partial charge in [0.2, 0.25) is 0 Å². The number of carboxylic acids is 1. The van der Waals surface area contributed by atoms with Crippen molar-refractivity contribution in [1.29, 1.82) is 0 Å². The first-order valence-electron chi connectivity index (χ1n) is 4.74. The van der Waals surface area contributed by atoms with Crippen molar-refractivity contribution in [3.05, 3.63) is 41.9 Å². The highest BCUT2D eigenvalue weighted by Gasteiger charge is 2.19. The summed E-state index contributed by atoms with van der Waals surface area (Å²) < 4.78 is 4.83. The zero-order valence-corrected chi connectivity index (χ0v) is 8.64. The summed E-state index contributed by atoms with van der Waals surface area (Å²) in [6, 6.07) is 1.70. The summed E-state index contributed by atoms with van der Waals surface area (Å²) in [4.78, 5) is 28.4. The summed E-state index contributed by atoms with van der Waals surface area (Å²) in [6.07, 6.45) is 4.14. The Bertz CT molecular complexity index is 530. The summed E-state index contributed by atoms with van der Waals surface area (Å²) >= 11 is 0. The summed E-state index contributed by atoms with van der Waals surface area (Å²) in [6.45, 7) is 0.251. The Kier molecular flexibility index (Phi) is 2.91. The predicted octanol–water partition coefficient (Wildman–Crippen LogP) is 0.631. The third-order valence-corrected chi connectivity index (χ3v) is 2.10. The van der Waals surface area contributed by atoms with E-state index in [2.05, 4.69) is 15.3 Å². The van der Waals surface area contributed by atoms with Gasteiger partial charge >= 0.3 is 5.97 Å². The van der Waals surface area contributed by atoms with Crippen molar-refractivity contribution in [2.75, 3.05) is 0 Å². The maximum absolute atomic E-state index is 11.6. The number of carbonyl (C=O) groups excluding carboxylic acids is 1. The van der Waals surface area contributed by atoms with E-state index in [1.54, 1.807) is 6.07 Å². The summed E-state index contributed by atoms with van der Waals surface area (Å²) in [5.41, 5.74) is 0.418. The number of hydrogen-bond acceptors (Lipinski definition) is 4. The molecule has 7 heteroatoms. The van der Waals surface area contributed by atoms with E-state index >= 15 is 0 Å². The monoisotopic (exact) mass is 235 g/mol. The number of aromatic nitrogens is 2. The number of nitrogens with zero attached hydrogens (tertiary/aromatic N) is 1. The van der Waals surface area contributed by atoms with Crippen molar-refractivity contribution in [2.24, 2.45) is 0 Å². The number of amides is 1. The van der Waals surface area contributed by atoms with E-state index in [9.17, 15) is 9.59 Å². The van der Waals surface area contributed by atoms with Crippen LogP contribution < -0.4 is 5.32 Å². The van der Waals surface area contributed by atoms with Crippen molar-refractivity contribution in [2.45, 2.75) is 6.54 Å². The molecule has 0 aliphatic carbocycles. The van der Waals surface area contributed by atoms with Crippen LogP contribution in [-0.4, -0.2) is 27.0 Å². The Labute approximate surface area is 95.5 Å². The minimum atomic E-state index is -1.23. The number of furan rings is 1. The van der Waals surface area contributed by atoms with Gasteiger partial charge in [-0.05, 0) is 6.07 Å². The SMILES string of the molecule is O=C(NCc1ccoc1)c1nc[nH]c1C(=O)O. The van der Waals surface area contributed by atoms with Crippen molar-refractivity contribution in [3.8, 4) is 0 Å².